The van der Waals surface area contributed by atoms with Gasteiger partial charge in [0.25, 0.3) is 0 Å². The van der Waals surface area contributed by atoms with E-state index in [0.29, 0.717) is 5.33 Å². The Labute approximate surface area is 114 Å². The molecule has 0 aromatic heterocycles. The summed E-state index contributed by atoms with van der Waals surface area (Å²) >= 11 is 6.52. The highest BCUT2D eigenvalue weighted by atomic mass is 79.9. The van der Waals surface area contributed by atoms with Crippen molar-refractivity contribution < 1.29 is 4.79 Å². The number of alkyl halides is 2. The van der Waals surface area contributed by atoms with E-state index in [-0.39, 0.29) is 18.2 Å². The molecule has 90 valence electrons. The summed E-state index contributed by atoms with van der Waals surface area (Å²) < 4.78 is 0. The minimum atomic E-state index is -0.195. The number of anilines is 1. The molecule has 0 aliphatic carbocycles. The van der Waals surface area contributed by atoms with Crippen LogP contribution in [0.4, 0.5) is 5.69 Å². The minimum Gasteiger partial charge on any atom is -0.325 e. The van der Waals surface area contributed by atoms with E-state index in [1.807, 2.05) is 32.0 Å². The first-order valence-corrected chi connectivity index (χ1v) is 6.66. The molecule has 0 fully saturated rings. The topological polar surface area (TPSA) is 29.1 Å². The Bertz CT molecular complexity index is 366. The fourth-order valence-corrected chi connectivity index (χ4v) is 1.52. The molecular weight excluding hydrogens is 334 g/mol. The lowest BCUT2D eigenvalue weighted by molar-refractivity contribution is -0.115. The molecule has 1 unspecified atom stereocenters. The average molecular weight is 351 g/mol. The molecule has 1 aromatic rings. The second-order valence-electron chi connectivity index (χ2n) is 3.41. The molecule has 0 spiro atoms. The maximum absolute atomic E-state index is 11.6. The first-order chi connectivity index (χ1) is 7.04. The fourth-order valence-electron chi connectivity index (χ4n) is 1.11. The van der Waals surface area contributed by atoms with E-state index in [2.05, 4.69) is 37.2 Å². The van der Waals surface area contributed by atoms with Gasteiger partial charge in [-0.1, -0.05) is 45.4 Å². The zero-order chi connectivity index (χ0) is 11.4. The van der Waals surface area contributed by atoms with Gasteiger partial charge in [-0.25, -0.2) is 0 Å². The number of amides is 1. The monoisotopic (exact) mass is 349 g/mol. The van der Waals surface area contributed by atoms with Gasteiger partial charge in [-0.3, -0.25) is 4.79 Å². The summed E-state index contributed by atoms with van der Waals surface area (Å²) in [6.45, 7) is 4.08. The lowest BCUT2D eigenvalue weighted by Crippen LogP contribution is -2.23. The lowest BCUT2D eigenvalue weighted by Gasteiger charge is -2.09. The molecule has 2 nitrogen and oxygen atoms in total. The molecule has 16 heavy (non-hydrogen) atoms. The average Bonchev–Trinajstić information content (AvgIpc) is 2.22. The number of aryl methyl sites for hydroxylation is 2. The van der Waals surface area contributed by atoms with Crippen LogP contribution in [0, 0.1) is 13.8 Å². The number of hydrogen-bond acceptors (Lipinski definition) is 1. The summed E-state index contributed by atoms with van der Waals surface area (Å²) in [6.07, 6.45) is 0. The summed E-state index contributed by atoms with van der Waals surface area (Å²) in [5.74, 6) is -0.0323. The van der Waals surface area contributed by atoms with Gasteiger partial charge < -0.3 is 5.32 Å². The normalized spacial score (nSPS) is 11.5. The molecule has 0 radical (unpaired) electrons. The number of hydrogen-bond donors (Lipinski definition) is 1. The molecule has 0 heterocycles. The molecular formula is C12H17Br2NO. The van der Waals surface area contributed by atoms with Crippen molar-refractivity contribution >= 4 is 43.5 Å². The van der Waals surface area contributed by atoms with Crippen LogP contribution in [0.25, 0.3) is 0 Å². The molecule has 1 amide bonds. The Morgan fingerprint density at radius 3 is 2.50 bits per heavy atom. The Balaban J connectivity index is 0.00000225. The SMILES string of the molecule is C.Cc1ccc(NC(=O)C(Br)CBr)cc1C. The van der Waals surface area contributed by atoms with Crippen LogP contribution in [-0.4, -0.2) is 16.1 Å². The van der Waals surface area contributed by atoms with E-state index in [9.17, 15) is 4.79 Å². The molecule has 1 atom stereocenters. The second kappa shape index (κ2) is 7.07. The zero-order valence-corrected chi connectivity index (χ0v) is 11.9. The van der Waals surface area contributed by atoms with Crippen LogP contribution >= 0.6 is 31.9 Å². The number of benzene rings is 1. The molecule has 0 aliphatic rings. The maximum Gasteiger partial charge on any atom is 0.239 e. The van der Waals surface area contributed by atoms with E-state index in [0.717, 1.165) is 5.69 Å². The summed E-state index contributed by atoms with van der Waals surface area (Å²) in [5, 5.41) is 3.45. The number of nitrogens with one attached hydrogen (secondary N) is 1. The summed E-state index contributed by atoms with van der Waals surface area (Å²) in [7, 11) is 0. The van der Waals surface area contributed by atoms with E-state index in [1.54, 1.807) is 0 Å². The van der Waals surface area contributed by atoms with Crippen molar-refractivity contribution in [2.45, 2.75) is 26.1 Å². The molecule has 0 saturated carbocycles. The van der Waals surface area contributed by atoms with Gasteiger partial charge in [-0.2, -0.15) is 0 Å². The van der Waals surface area contributed by atoms with E-state index >= 15 is 0 Å². The van der Waals surface area contributed by atoms with E-state index < -0.39 is 0 Å². The minimum absolute atomic E-state index is 0. The number of halogens is 2. The summed E-state index contributed by atoms with van der Waals surface area (Å²) in [5.41, 5.74) is 3.25. The van der Waals surface area contributed by atoms with Gasteiger partial charge in [0.15, 0.2) is 0 Å². The van der Waals surface area contributed by atoms with Crippen molar-refractivity contribution in [1.29, 1.82) is 0 Å². The highest BCUT2D eigenvalue weighted by molar-refractivity contribution is 9.12. The standard InChI is InChI=1S/C11H13Br2NO.CH4/c1-7-3-4-9(5-8(7)2)14-11(15)10(13)6-12;/h3-5,10H,6H2,1-2H3,(H,14,15);1H4. The van der Waals surface area contributed by atoms with E-state index in [1.165, 1.54) is 11.1 Å². The van der Waals surface area contributed by atoms with Gasteiger partial charge in [-0.05, 0) is 37.1 Å². The van der Waals surface area contributed by atoms with Crippen molar-refractivity contribution in [3.63, 3.8) is 0 Å². The van der Waals surface area contributed by atoms with Crippen molar-refractivity contribution in [3.8, 4) is 0 Å². The first-order valence-electron chi connectivity index (χ1n) is 4.62. The summed E-state index contributed by atoms with van der Waals surface area (Å²) in [6, 6.07) is 5.89. The summed E-state index contributed by atoms with van der Waals surface area (Å²) in [4.78, 5) is 11.4. The molecule has 1 aromatic carbocycles. The van der Waals surface area contributed by atoms with Gasteiger partial charge in [0, 0.05) is 11.0 Å². The lowest BCUT2D eigenvalue weighted by atomic mass is 10.1. The van der Waals surface area contributed by atoms with Crippen molar-refractivity contribution in [2.75, 3.05) is 10.6 Å². The molecule has 0 saturated heterocycles. The molecule has 0 bridgehead atoms. The predicted octanol–water partition coefficient (Wildman–Crippen LogP) is 4.04. The number of carbonyl (C=O) groups excluding carboxylic acids is 1. The van der Waals surface area contributed by atoms with Crippen LogP contribution in [0.1, 0.15) is 18.6 Å². The van der Waals surface area contributed by atoms with Crippen LogP contribution in [-0.2, 0) is 4.79 Å². The third-order valence-electron chi connectivity index (χ3n) is 2.19. The number of rotatable bonds is 3. The second-order valence-corrected chi connectivity index (χ2v) is 5.16. The molecule has 0 aliphatic heterocycles. The highest BCUT2D eigenvalue weighted by Gasteiger charge is 2.12. The van der Waals surface area contributed by atoms with Gasteiger partial charge in [0.1, 0.15) is 4.83 Å². The predicted molar refractivity (Wildman–Crippen MR) is 77.8 cm³/mol. The van der Waals surface area contributed by atoms with Crippen LogP contribution in [0.3, 0.4) is 0 Å². The Morgan fingerprint density at radius 1 is 1.38 bits per heavy atom. The van der Waals surface area contributed by atoms with Gasteiger partial charge in [0.2, 0.25) is 5.91 Å². The molecule has 1 N–H and O–H groups in total. The largest absolute Gasteiger partial charge is 0.325 e. The number of carbonyl (C=O) groups is 1. The maximum atomic E-state index is 11.6. The molecule has 4 heteroatoms. The van der Waals surface area contributed by atoms with Crippen LogP contribution < -0.4 is 5.32 Å². The van der Waals surface area contributed by atoms with E-state index in [4.69, 9.17) is 0 Å². The van der Waals surface area contributed by atoms with Crippen LogP contribution in [0.5, 0.6) is 0 Å². The van der Waals surface area contributed by atoms with Gasteiger partial charge >= 0.3 is 0 Å². The van der Waals surface area contributed by atoms with Crippen molar-refractivity contribution in [3.05, 3.63) is 29.3 Å². The fraction of sp³-hybridized carbons (Fsp3) is 0.417. The smallest absolute Gasteiger partial charge is 0.239 e. The van der Waals surface area contributed by atoms with Gasteiger partial charge in [0.05, 0.1) is 0 Å². The Hall–Kier alpha value is -0.350. The first kappa shape index (κ1) is 15.7. The van der Waals surface area contributed by atoms with Crippen LogP contribution in [0.15, 0.2) is 18.2 Å². The third kappa shape index (κ3) is 4.26. The zero-order valence-electron chi connectivity index (χ0n) is 8.68. The van der Waals surface area contributed by atoms with Crippen molar-refractivity contribution in [2.24, 2.45) is 0 Å². The highest BCUT2D eigenvalue weighted by Crippen LogP contribution is 2.15. The van der Waals surface area contributed by atoms with Crippen LogP contribution in [0.2, 0.25) is 0 Å². The third-order valence-corrected chi connectivity index (χ3v) is 4.45. The Morgan fingerprint density at radius 2 is 2.00 bits per heavy atom. The molecule has 1 rings (SSSR count). The Kier molecular flexibility index (Phi) is 6.91. The van der Waals surface area contributed by atoms with Crippen molar-refractivity contribution in [1.82, 2.24) is 0 Å². The van der Waals surface area contributed by atoms with Gasteiger partial charge in [-0.15, -0.1) is 0 Å². The quantitative estimate of drug-likeness (QED) is 0.819.